The van der Waals surface area contributed by atoms with E-state index in [0.717, 1.165) is 55.2 Å². The van der Waals surface area contributed by atoms with Crippen LogP contribution in [-0.2, 0) is 75.1 Å². The summed E-state index contributed by atoms with van der Waals surface area (Å²) in [4.78, 5) is 13.8. The van der Waals surface area contributed by atoms with Crippen molar-refractivity contribution in [3.8, 4) is 0 Å². The maximum Gasteiger partial charge on any atom is 0.307 e. The second-order valence-corrected chi connectivity index (χ2v) is 23.1. The predicted molar refractivity (Wildman–Crippen MR) is 246 cm³/mol. The zero-order valence-corrected chi connectivity index (χ0v) is 40.5. The highest BCUT2D eigenvalue weighted by Gasteiger charge is 2.47. The maximum atomic E-state index is 12.8. The topological polar surface area (TPSA) is 228 Å². The van der Waals surface area contributed by atoms with E-state index in [0.29, 0.717) is 63.6 Å². The van der Waals surface area contributed by atoms with Crippen molar-refractivity contribution < 1.29 is 65.2 Å². The lowest BCUT2D eigenvalue weighted by atomic mass is 9.75. The molecule has 0 fully saturated rings. The van der Waals surface area contributed by atoms with E-state index in [-0.39, 0.29) is 29.2 Å². The van der Waals surface area contributed by atoms with Gasteiger partial charge in [0.05, 0.1) is 55.3 Å². The smallest absolute Gasteiger partial charge is 0.307 e. The molecule has 0 amide bonds. The summed E-state index contributed by atoms with van der Waals surface area (Å²) in [7, 11) is -12.2. The molecule has 2 aliphatic rings. The Bertz CT molecular complexity index is 2630. The Balaban J connectivity index is 1.70. The van der Waals surface area contributed by atoms with Crippen LogP contribution in [0.4, 0.5) is 11.4 Å². The zero-order chi connectivity index (χ0) is 47.6. The molecule has 2 N–H and O–H groups in total. The molecule has 2 aromatic rings. The van der Waals surface area contributed by atoms with Crippen molar-refractivity contribution in [2.45, 2.75) is 94.3 Å². The van der Waals surface area contributed by atoms with Crippen LogP contribution < -0.4 is 4.90 Å². The molecule has 0 aliphatic carbocycles. The van der Waals surface area contributed by atoms with Gasteiger partial charge in [0, 0.05) is 47.5 Å². The van der Waals surface area contributed by atoms with Crippen molar-refractivity contribution in [3.63, 3.8) is 0 Å². The number of carbonyl (C=O) groups is 1. The van der Waals surface area contributed by atoms with Crippen molar-refractivity contribution in [1.29, 1.82) is 0 Å². The Morgan fingerprint density at radius 1 is 0.719 bits per heavy atom. The number of carboxylic acids is 1. The van der Waals surface area contributed by atoms with E-state index >= 15 is 0 Å². The average molecular weight is 970 g/mol. The van der Waals surface area contributed by atoms with Crippen LogP contribution in [0.15, 0.2) is 89.5 Å². The number of aliphatic carboxylic acids is 1. The van der Waals surface area contributed by atoms with Crippen molar-refractivity contribution in [3.05, 3.63) is 101 Å². The van der Waals surface area contributed by atoms with E-state index in [1.165, 1.54) is 6.07 Å². The Morgan fingerprint density at radius 2 is 1.31 bits per heavy atom. The van der Waals surface area contributed by atoms with Gasteiger partial charge < -0.3 is 10.0 Å². The van der Waals surface area contributed by atoms with Crippen LogP contribution >= 0.6 is 0 Å². The van der Waals surface area contributed by atoms with Gasteiger partial charge in [0.1, 0.15) is 6.54 Å². The zero-order valence-electron chi connectivity index (χ0n) is 37.2. The van der Waals surface area contributed by atoms with E-state index in [2.05, 4.69) is 17.8 Å². The molecule has 2 atom stereocenters. The molecule has 2 aliphatic heterocycles. The molecular weight excluding hydrogens is 909 g/mol. The van der Waals surface area contributed by atoms with Crippen LogP contribution in [0, 0.1) is 0 Å². The normalized spacial score (nSPS) is 20.1. The van der Waals surface area contributed by atoms with Gasteiger partial charge in [0.15, 0.2) is 5.71 Å². The largest absolute Gasteiger partial charge is 0.481 e. The number of rotatable bonds is 26. The molecule has 0 radical (unpaired) electrons. The number of hydrogen-bond acceptors (Lipinski definition) is 13. The summed E-state index contributed by atoms with van der Waals surface area (Å²) in [5.74, 6) is -1.71. The second-order valence-electron chi connectivity index (χ2n) is 16.1. The van der Waals surface area contributed by atoms with E-state index in [9.17, 15) is 48.1 Å². The Kier molecular flexibility index (Phi) is 18.1. The summed E-state index contributed by atoms with van der Waals surface area (Å²) in [6, 6.07) is 10.3. The molecule has 2 unspecified atom stereocenters. The number of anilines is 1. The summed E-state index contributed by atoms with van der Waals surface area (Å²) in [5, 5.41) is 9.58. The number of benzene rings is 2. The molecule has 0 saturated carbocycles. The monoisotopic (exact) mass is 969 g/mol. The highest BCUT2D eigenvalue weighted by molar-refractivity contribution is 7.87. The van der Waals surface area contributed by atoms with E-state index in [4.69, 9.17) is 4.18 Å². The number of unbranched alkanes of at least 4 members (excludes halogenated alkanes) is 3. The molecule has 2 aromatic carbocycles. The highest BCUT2D eigenvalue weighted by atomic mass is 32.2. The summed E-state index contributed by atoms with van der Waals surface area (Å²) >= 11 is 0. The predicted octanol–water partition coefficient (Wildman–Crippen LogP) is 6.32. The number of hydrogen-bond donors (Lipinski definition) is 2. The lowest BCUT2D eigenvalue weighted by molar-refractivity contribution is -0.438. The van der Waals surface area contributed by atoms with E-state index in [1.54, 1.807) is 18.2 Å². The third-order valence-electron chi connectivity index (χ3n) is 11.8. The Morgan fingerprint density at radius 3 is 1.89 bits per heavy atom. The number of carboxylic acid groups (broad SMARTS) is 1. The van der Waals surface area contributed by atoms with Gasteiger partial charge in [-0.3, -0.25) is 21.9 Å². The van der Waals surface area contributed by atoms with Crippen molar-refractivity contribution in [2.75, 3.05) is 56.6 Å². The molecule has 64 heavy (non-hydrogen) atoms. The quantitative estimate of drug-likeness (QED) is 0.0346. The first-order valence-electron chi connectivity index (χ1n) is 20.9. The minimum atomic E-state index is -4.17. The van der Waals surface area contributed by atoms with Gasteiger partial charge >= 0.3 is 5.97 Å². The van der Waals surface area contributed by atoms with E-state index < -0.39 is 63.0 Å². The molecule has 0 aromatic heterocycles. The summed E-state index contributed by atoms with van der Waals surface area (Å²) in [5.41, 5.74) is 4.22. The third kappa shape index (κ3) is 13.3. The fourth-order valence-corrected chi connectivity index (χ4v) is 11.2. The van der Waals surface area contributed by atoms with Crippen molar-refractivity contribution >= 4 is 63.5 Å². The van der Waals surface area contributed by atoms with Crippen LogP contribution in [0.2, 0.25) is 0 Å². The number of nitrogens with zero attached hydrogens (tertiary/aromatic N) is 2. The van der Waals surface area contributed by atoms with Gasteiger partial charge in [-0.15, -0.1) is 0 Å². The van der Waals surface area contributed by atoms with Crippen LogP contribution in [0.5, 0.6) is 0 Å². The van der Waals surface area contributed by atoms with Crippen LogP contribution in [0.1, 0.15) is 88.8 Å². The molecule has 0 saturated heterocycles. The summed E-state index contributed by atoms with van der Waals surface area (Å²) < 4.78 is 122. The SMILES string of the molecule is CCN1C(=CC=CC=CC=CC2=[N+](CCCCS(=O)(=O)O)c3ccc(CC(=O)O)cc3C2(C)CCCCS(=O)(=O)OC)C(C)(CCCCS(=O)(=O)OC)c2cc(S(=O)(=O)OC)ccc21. The minimum Gasteiger partial charge on any atom is -0.481 e. The van der Waals surface area contributed by atoms with E-state index in [1.807, 2.05) is 75.4 Å². The standard InChI is InChI=1S/C44H60N2O14S4/c1-7-45-38-24-22-35(64(56,57)60-6)33-37(38)44(3,26-14-17-30-63(54,55)59-5)40(45)19-11-9-8-10-12-20-41-43(2,25-13-16-29-62(52,53)58-4)36-31-34(32-42(47)48)21-23-39(36)46(41)27-15-18-28-61(49,50)51/h8-12,19-24,31,33H,7,13-18,25-30,32H2,1-6H3,(H-,47,48,49,50,51)/p+1. The van der Waals surface area contributed by atoms with Crippen molar-refractivity contribution in [1.82, 2.24) is 0 Å². The van der Waals surface area contributed by atoms with Gasteiger partial charge in [0.2, 0.25) is 5.69 Å². The first-order valence-corrected chi connectivity index (χ1v) is 27.1. The fourth-order valence-electron chi connectivity index (χ4n) is 8.50. The molecule has 20 heteroatoms. The molecule has 354 valence electrons. The van der Waals surface area contributed by atoms with Gasteiger partial charge in [-0.1, -0.05) is 49.3 Å². The highest BCUT2D eigenvalue weighted by Crippen LogP contribution is 2.51. The lowest BCUT2D eigenvalue weighted by Crippen LogP contribution is -2.32. The lowest BCUT2D eigenvalue weighted by Gasteiger charge is -2.30. The summed E-state index contributed by atoms with van der Waals surface area (Å²) in [6.07, 6.45) is 16.2. The number of likely N-dealkylation sites (N-methyl/N-ethyl adjacent to an activating group) is 1. The van der Waals surface area contributed by atoms with Crippen LogP contribution in [-0.4, -0.2) is 111 Å². The summed E-state index contributed by atoms with van der Waals surface area (Å²) in [6.45, 7) is 6.98. The molecule has 16 nitrogen and oxygen atoms in total. The van der Waals surface area contributed by atoms with Gasteiger partial charge in [-0.05, 0) is 94.3 Å². The first-order chi connectivity index (χ1) is 30.0. The van der Waals surface area contributed by atoms with Gasteiger partial charge in [0.25, 0.3) is 40.5 Å². The molecule has 0 bridgehead atoms. The Hall–Kier alpha value is -4.02. The molecule has 2 heterocycles. The fraction of sp³-hybridized carbons (Fsp3) is 0.500. The number of fused-ring (bicyclic) bond motifs is 2. The second kappa shape index (κ2) is 22.0. The minimum absolute atomic E-state index is 0.0141. The first kappa shape index (κ1) is 52.6. The van der Waals surface area contributed by atoms with Crippen LogP contribution in [0.3, 0.4) is 0 Å². The maximum absolute atomic E-state index is 12.8. The van der Waals surface area contributed by atoms with Crippen LogP contribution in [0.25, 0.3) is 0 Å². The molecule has 4 rings (SSSR count). The van der Waals surface area contributed by atoms with Crippen molar-refractivity contribution in [2.24, 2.45) is 0 Å². The number of allylic oxidation sites excluding steroid dienone is 8. The van der Waals surface area contributed by atoms with Gasteiger partial charge in [-0.25, -0.2) is 0 Å². The Labute approximate surface area is 379 Å². The molecule has 0 spiro atoms. The molecular formula is C44H61N2O14S4+. The van der Waals surface area contributed by atoms with Gasteiger partial charge in [-0.2, -0.15) is 38.2 Å². The average Bonchev–Trinajstić information content (AvgIpc) is 3.61. The third-order valence-corrected chi connectivity index (χ3v) is 16.5.